The van der Waals surface area contributed by atoms with Gasteiger partial charge < -0.3 is 20.2 Å². The molecule has 9 heteroatoms. The lowest BCUT2D eigenvalue weighted by Gasteiger charge is -2.30. The van der Waals surface area contributed by atoms with E-state index in [1.165, 1.54) is 13.1 Å². The quantitative estimate of drug-likeness (QED) is 0.238. The highest BCUT2D eigenvalue weighted by Crippen LogP contribution is 2.23. The smallest absolute Gasteiger partial charge is 0.309 e. The van der Waals surface area contributed by atoms with Crippen molar-refractivity contribution in [1.82, 2.24) is 15.3 Å². The van der Waals surface area contributed by atoms with Crippen LogP contribution < -0.4 is 11.1 Å². The van der Waals surface area contributed by atoms with Gasteiger partial charge in [0, 0.05) is 6.42 Å². The van der Waals surface area contributed by atoms with Crippen LogP contribution in [0, 0.1) is 0 Å². The molecule has 1 fully saturated rings. The molecule has 176 valence electrons. The molecule has 1 aliphatic heterocycles. The summed E-state index contributed by atoms with van der Waals surface area (Å²) in [5.41, 5.74) is 5.87. The highest BCUT2D eigenvalue weighted by molar-refractivity contribution is 6.16. The van der Waals surface area contributed by atoms with Crippen LogP contribution in [0.3, 0.4) is 0 Å². The van der Waals surface area contributed by atoms with Gasteiger partial charge in [-0.1, -0.05) is 60.7 Å². The van der Waals surface area contributed by atoms with Gasteiger partial charge in [0.05, 0.1) is 25.3 Å². The van der Waals surface area contributed by atoms with Crippen molar-refractivity contribution in [1.29, 1.82) is 0 Å². The summed E-state index contributed by atoms with van der Waals surface area (Å²) in [6.45, 7) is 1.58. The number of nitrogens with zero attached hydrogens (tertiary/aromatic N) is 1. The SMILES string of the molecule is C[C@](NC1CC(=O)OC1OCc1ccccc1)(C(N)=O)C(=O)c1cnc(Cc2ccccc2)[nH]1. The molecule has 1 aliphatic rings. The molecule has 2 aromatic carbocycles. The third-order valence-electron chi connectivity index (χ3n) is 5.73. The number of ketones is 1. The first-order valence-electron chi connectivity index (χ1n) is 10.9. The zero-order chi connectivity index (χ0) is 24.1. The molecule has 0 bridgehead atoms. The summed E-state index contributed by atoms with van der Waals surface area (Å²) < 4.78 is 11.0. The van der Waals surface area contributed by atoms with E-state index in [0.29, 0.717) is 12.2 Å². The number of aromatic amines is 1. The van der Waals surface area contributed by atoms with Crippen molar-refractivity contribution in [3.8, 4) is 0 Å². The average molecular weight is 463 g/mol. The first kappa shape index (κ1) is 23.3. The van der Waals surface area contributed by atoms with Crippen LogP contribution in [0.1, 0.15) is 40.8 Å². The molecular weight excluding hydrogens is 436 g/mol. The molecule has 0 saturated carbocycles. The number of imidazole rings is 1. The number of primary amides is 1. The number of esters is 1. The predicted molar refractivity (Wildman–Crippen MR) is 122 cm³/mol. The Morgan fingerprint density at radius 1 is 1.15 bits per heavy atom. The number of benzene rings is 2. The average Bonchev–Trinajstić information content (AvgIpc) is 3.44. The number of ether oxygens (including phenoxy) is 2. The molecule has 0 radical (unpaired) electrons. The van der Waals surface area contributed by atoms with Crippen molar-refractivity contribution < 1.29 is 23.9 Å². The van der Waals surface area contributed by atoms with Crippen molar-refractivity contribution in [3.63, 3.8) is 0 Å². The van der Waals surface area contributed by atoms with E-state index >= 15 is 0 Å². The summed E-state index contributed by atoms with van der Waals surface area (Å²) in [4.78, 5) is 45.0. The van der Waals surface area contributed by atoms with Crippen LogP contribution in [-0.2, 0) is 32.1 Å². The summed E-state index contributed by atoms with van der Waals surface area (Å²) in [7, 11) is 0. The highest BCUT2D eigenvalue weighted by Gasteiger charge is 2.47. The zero-order valence-electron chi connectivity index (χ0n) is 18.7. The van der Waals surface area contributed by atoms with Crippen molar-refractivity contribution >= 4 is 17.7 Å². The number of carbonyl (C=O) groups is 3. The Morgan fingerprint density at radius 2 is 1.79 bits per heavy atom. The van der Waals surface area contributed by atoms with Gasteiger partial charge in [0.15, 0.2) is 5.54 Å². The van der Waals surface area contributed by atoms with Gasteiger partial charge in [-0.05, 0) is 18.1 Å². The molecule has 3 aromatic rings. The number of rotatable bonds is 10. The third-order valence-corrected chi connectivity index (χ3v) is 5.73. The summed E-state index contributed by atoms with van der Waals surface area (Å²) in [5, 5.41) is 2.92. The Labute approximate surface area is 196 Å². The Bertz CT molecular complexity index is 1160. The van der Waals surface area contributed by atoms with Crippen LogP contribution >= 0.6 is 0 Å². The molecular formula is C25H26N4O5. The molecule has 4 N–H and O–H groups in total. The first-order chi connectivity index (χ1) is 16.3. The van der Waals surface area contributed by atoms with Crippen LogP contribution in [0.15, 0.2) is 66.9 Å². The maximum atomic E-state index is 13.3. The maximum Gasteiger partial charge on any atom is 0.309 e. The minimum Gasteiger partial charge on any atom is -0.434 e. The van der Waals surface area contributed by atoms with E-state index in [4.69, 9.17) is 15.2 Å². The number of nitrogens with two attached hydrogens (primary N) is 1. The topological polar surface area (TPSA) is 136 Å². The molecule has 1 aromatic heterocycles. The molecule has 1 amide bonds. The summed E-state index contributed by atoms with van der Waals surface area (Å²) in [5.74, 6) is -1.41. The van der Waals surface area contributed by atoms with Gasteiger partial charge in [0.1, 0.15) is 11.5 Å². The molecule has 1 saturated heterocycles. The van der Waals surface area contributed by atoms with Gasteiger partial charge in [-0.15, -0.1) is 0 Å². The first-order valence-corrected chi connectivity index (χ1v) is 10.9. The molecule has 34 heavy (non-hydrogen) atoms. The predicted octanol–water partition coefficient (Wildman–Crippen LogP) is 1.88. The van der Waals surface area contributed by atoms with Crippen molar-refractivity contribution in [2.75, 3.05) is 0 Å². The van der Waals surface area contributed by atoms with E-state index in [9.17, 15) is 14.4 Å². The zero-order valence-corrected chi connectivity index (χ0v) is 18.7. The number of hydrogen-bond acceptors (Lipinski definition) is 7. The lowest BCUT2D eigenvalue weighted by atomic mass is 9.92. The monoisotopic (exact) mass is 462 g/mol. The van der Waals surface area contributed by atoms with E-state index in [0.717, 1.165) is 11.1 Å². The summed E-state index contributed by atoms with van der Waals surface area (Å²) >= 11 is 0. The lowest BCUT2D eigenvalue weighted by molar-refractivity contribution is -0.167. The van der Waals surface area contributed by atoms with Crippen LogP contribution in [0.25, 0.3) is 0 Å². The Kier molecular flexibility index (Phi) is 6.85. The van der Waals surface area contributed by atoms with Crippen molar-refractivity contribution in [3.05, 3.63) is 89.5 Å². The van der Waals surface area contributed by atoms with Gasteiger partial charge >= 0.3 is 5.97 Å². The standard InChI is InChI=1S/C25H26N4O5/c1-25(24(26)32,22(31)19-14-27-20(28-19)12-16-8-4-2-5-9-16)29-18-13-21(30)34-23(18)33-15-17-10-6-3-7-11-17/h2-11,14,18,23,29H,12-13,15H2,1H3,(H2,26,32)(H,27,28)/t18?,23?,25-/m1/s1. The third kappa shape index (κ3) is 5.22. The second kappa shape index (κ2) is 9.98. The number of amides is 1. The van der Waals surface area contributed by atoms with E-state index in [1.54, 1.807) is 0 Å². The van der Waals surface area contributed by atoms with Gasteiger partial charge in [-0.3, -0.25) is 19.7 Å². The maximum absolute atomic E-state index is 13.3. The highest BCUT2D eigenvalue weighted by atomic mass is 16.7. The molecule has 0 spiro atoms. The second-order valence-electron chi connectivity index (χ2n) is 8.33. The summed E-state index contributed by atoms with van der Waals surface area (Å²) in [6, 6.07) is 18.3. The number of hydrogen-bond donors (Lipinski definition) is 3. The molecule has 3 atom stereocenters. The number of carbonyl (C=O) groups excluding carboxylic acids is 3. The van der Waals surface area contributed by atoms with E-state index < -0.39 is 35.5 Å². The summed E-state index contributed by atoms with van der Waals surface area (Å²) in [6.07, 6.45) is 0.825. The lowest BCUT2D eigenvalue weighted by Crippen LogP contribution is -2.63. The van der Waals surface area contributed by atoms with Gasteiger partial charge in [0.2, 0.25) is 18.0 Å². The van der Waals surface area contributed by atoms with Gasteiger partial charge in [-0.2, -0.15) is 0 Å². The number of Topliss-reactive ketones (excluding diaryl/α,β-unsaturated/α-hetero) is 1. The van der Waals surface area contributed by atoms with Crippen LogP contribution in [-0.4, -0.2) is 45.5 Å². The van der Waals surface area contributed by atoms with Crippen LogP contribution in [0.4, 0.5) is 0 Å². The minimum absolute atomic E-state index is 0.0716. The van der Waals surface area contributed by atoms with Crippen molar-refractivity contribution in [2.45, 2.75) is 44.2 Å². The number of cyclic esters (lactones) is 1. The molecule has 0 aliphatic carbocycles. The van der Waals surface area contributed by atoms with Crippen LogP contribution in [0.2, 0.25) is 0 Å². The normalized spacial score (nSPS) is 19.4. The van der Waals surface area contributed by atoms with E-state index in [-0.39, 0.29) is 18.7 Å². The Balaban J connectivity index is 1.48. The van der Waals surface area contributed by atoms with Gasteiger partial charge in [-0.25, -0.2) is 4.98 Å². The molecule has 2 unspecified atom stereocenters. The number of H-pyrrole nitrogens is 1. The molecule has 2 heterocycles. The minimum atomic E-state index is -1.82. The van der Waals surface area contributed by atoms with E-state index in [2.05, 4.69) is 15.3 Å². The fraction of sp³-hybridized carbons (Fsp3) is 0.280. The van der Waals surface area contributed by atoms with Gasteiger partial charge in [0.25, 0.3) is 0 Å². The van der Waals surface area contributed by atoms with E-state index in [1.807, 2.05) is 60.7 Å². The largest absolute Gasteiger partial charge is 0.434 e. The number of aromatic nitrogens is 2. The fourth-order valence-corrected chi connectivity index (χ4v) is 3.80. The van der Waals surface area contributed by atoms with Crippen molar-refractivity contribution in [2.24, 2.45) is 5.73 Å². The molecule has 4 rings (SSSR count). The Morgan fingerprint density at radius 3 is 2.44 bits per heavy atom. The fourth-order valence-electron chi connectivity index (χ4n) is 3.80. The van der Waals surface area contributed by atoms with Crippen LogP contribution in [0.5, 0.6) is 0 Å². The second-order valence-corrected chi connectivity index (χ2v) is 8.33. The molecule has 9 nitrogen and oxygen atoms in total. The number of nitrogens with one attached hydrogen (secondary N) is 2. The Hall–Kier alpha value is -3.82.